The maximum atomic E-state index is 14.2. The summed E-state index contributed by atoms with van der Waals surface area (Å²) in [6.45, 7) is 5.49. The number of nitrogens with two attached hydrogens (primary N) is 1. The molecule has 1 aliphatic rings. The fourth-order valence-corrected chi connectivity index (χ4v) is 4.01. The highest BCUT2D eigenvalue weighted by Crippen LogP contribution is 2.36. The van der Waals surface area contributed by atoms with Gasteiger partial charge in [0, 0.05) is 18.3 Å². The fraction of sp³-hybridized carbons (Fsp3) is 0.440. The van der Waals surface area contributed by atoms with Crippen LogP contribution in [0.1, 0.15) is 78.4 Å². The van der Waals surface area contributed by atoms with Gasteiger partial charge in [-0.05, 0) is 58.1 Å². The molecule has 11 heteroatoms. The van der Waals surface area contributed by atoms with E-state index in [-0.39, 0.29) is 35.2 Å². The Hall–Kier alpha value is -3.76. The number of halogens is 2. The van der Waals surface area contributed by atoms with Gasteiger partial charge >= 0.3 is 0 Å². The molecule has 2 heterocycles. The molecule has 9 nitrogen and oxygen atoms in total. The zero-order valence-corrected chi connectivity index (χ0v) is 20.5. The second-order valence-corrected chi connectivity index (χ2v) is 9.16. The molecule has 0 aliphatic heterocycles. The van der Waals surface area contributed by atoms with Crippen LogP contribution >= 0.6 is 0 Å². The largest absolute Gasteiger partial charge is 0.473 e. The van der Waals surface area contributed by atoms with E-state index >= 15 is 0 Å². The summed E-state index contributed by atoms with van der Waals surface area (Å²) in [5, 5.41) is 11.5. The number of ether oxygens (including phenoxy) is 1. The Balaban J connectivity index is 1.36. The third-order valence-corrected chi connectivity index (χ3v) is 6.34. The Morgan fingerprint density at radius 3 is 2.64 bits per heavy atom. The molecule has 0 spiro atoms. The number of amides is 2. The van der Waals surface area contributed by atoms with Crippen LogP contribution in [0.3, 0.4) is 0 Å². The normalized spacial score (nSPS) is 14.9. The van der Waals surface area contributed by atoms with Crippen molar-refractivity contribution in [1.29, 1.82) is 0 Å². The molecular weight excluding hydrogens is 470 g/mol. The van der Waals surface area contributed by atoms with Crippen molar-refractivity contribution in [3.05, 3.63) is 59.0 Å². The lowest BCUT2D eigenvalue weighted by atomic mass is 10.1. The van der Waals surface area contributed by atoms with Gasteiger partial charge in [0.25, 0.3) is 11.8 Å². The number of rotatable bonds is 11. The van der Waals surface area contributed by atoms with Crippen molar-refractivity contribution in [3.63, 3.8) is 0 Å². The Morgan fingerprint density at radius 2 is 2.00 bits per heavy atom. The third kappa shape index (κ3) is 5.55. The fourth-order valence-electron chi connectivity index (χ4n) is 4.01. The van der Waals surface area contributed by atoms with Crippen molar-refractivity contribution in [1.82, 2.24) is 24.9 Å². The molecule has 1 saturated carbocycles. The lowest BCUT2D eigenvalue weighted by Gasteiger charge is -2.20. The first-order chi connectivity index (χ1) is 17.2. The molecule has 1 aliphatic carbocycles. The number of carbonyl (C=O) groups is 2. The molecule has 192 valence electrons. The summed E-state index contributed by atoms with van der Waals surface area (Å²) in [5.41, 5.74) is 6.55. The van der Waals surface area contributed by atoms with Gasteiger partial charge in [0.15, 0.2) is 5.82 Å². The summed E-state index contributed by atoms with van der Waals surface area (Å²) in [6.07, 6.45) is 6.69. The van der Waals surface area contributed by atoms with Crippen molar-refractivity contribution in [2.75, 3.05) is 0 Å². The second kappa shape index (κ2) is 10.5. The Labute approximate surface area is 207 Å². The molecule has 3 N–H and O–H groups in total. The minimum atomic E-state index is -0.768. The first kappa shape index (κ1) is 25.3. The highest BCUT2D eigenvalue weighted by Gasteiger charge is 2.28. The van der Waals surface area contributed by atoms with E-state index in [9.17, 15) is 18.4 Å². The van der Waals surface area contributed by atoms with E-state index in [0.29, 0.717) is 36.6 Å². The van der Waals surface area contributed by atoms with Crippen LogP contribution in [0.5, 0.6) is 5.88 Å². The van der Waals surface area contributed by atoms with Gasteiger partial charge in [-0.3, -0.25) is 14.3 Å². The number of carbonyl (C=O) groups excluding carboxylic acids is 2. The Bertz CT molecular complexity index is 1270. The van der Waals surface area contributed by atoms with E-state index in [1.165, 1.54) is 16.9 Å². The van der Waals surface area contributed by atoms with Crippen molar-refractivity contribution < 1.29 is 23.1 Å². The van der Waals surface area contributed by atoms with Crippen molar-refractivity contribution >= 4 is 11.8 Å². The van der Waals surface area contributed by atoms with Crippen LogP contribution < -0.4 is 15.8 Å². The van der Waals surface area contributed by atoms with Crippen molar-refractivity contribution in [2.45, 2.75) is 71.1 Å². The summed E-state index contributed by atoms with van der Waals surface area (Å²) in [7, 11) is 0. The average Bonchev–Trinajstić information content (AvgIpc) is 3.49. The van der Waals surface area contributed by atoms with E-state index < -0.39 is 17.5 Å². The molecule has 0 radical (unpaired) electrons. The Morgan fingerprint density at radius 1 is 1.25 bits per heavy atom. The van der Waals surface area contributed by atoms with E-state index in [2.05, 4.69) is 15.5 Å². The number of primary amides is 1. The first-order valence-corrected chi connectivity index (χ1v) is 12.0. The van der Waals surface area contributed by atoms with Crippen LogP contribution in [-0.2, 0) is 0 Å². The highest BCUT2D eigenvalue weighted by molar-refractivity contribution is 5.95. The van der Waals surface area contributed by atoms with Crippen LogP contribution in [0.2, 0.25) is 0 Å². The molecule has 0 bridgehead atoms. The SMILES string of the molecule is CC[C@@H](CC[C@H](C)Oc1nn(C2CC2)cc1C(N)=O)NC(=O)c1cnn(-c2ccc(F)cc2F)c1C. The van der Waals surface area contributed by atoms with Gasteiger partial charge in [-0.15, -0.1) is 5.10 Å². The summed E-state index contributed by atoms with van der Waals surface area (Å²) in [6, 6.07) is 3.34. The predicted molar refractivity (Wildman–Crippen MR) is 128 cm³/mol. The molecule has 4 rings (SSSR count). The van der Waals surface area contributed by atoms with Crippen molar-refractivity contribution in [3.8, 4) is 11.6 Å². The van der Waals surface area contributed by atoms with Gasteiger partial charge in [0.1, 0.15) is 17.1 Å². The van der Waals surface area contributed by atoms with Crippen LogP contribution in [0.4, 0.5) is 8.78 Å². The maximum Gasteiger partial charge on any atom is 0.255 e. The van der Waals surface area contributed by atoms with Gasteiger partial charge in [-0.1, -0.05) is 6.92 Å². The molecule has 2 amide bonds. The minimum absolute atomic E-state index is 0.0606. The van der Waals surface area contributed by atoms with Crippen LogP contribution in [0.25, 0.3) is 5.69 Å². The predicted octanol–water partition coefficient (Wildman–Crippen LogP) is 3.85. The maximum absolute atomic E-state index is 14.2. The van der Waals surface area contributed by atoms with Crippen LogP contribution in [0, 0.1) is 18.6 Å². The minimum Gasteiger partial charge on any atom is -0.473 e. The first-order valence-electron chi connectivity index (χ1n) is 12.0. The molecular formula is C25H30F2N6O3. The standard InChI is InChI=1S/C25H30F2N6O3/c1-4-17(7-5-14(2)36-25-20(23(28)34)13-32(31-25)18-8-9-18)30-24(35)19-12-29-33(15(19)3)22-10-6-16(26)11-21(22)27/h6,10-14,17-18H,4-5,7-9H2,1-3H3,(H2,28,34)(H,30,35)/t14-,17-/m0/s1. The van der Waals surface area contributed by atoms with E-state index in [1.54, 1.807) is 17.8 Å². The van der Waals surface area contributed by atoms with Gasteiger partial charge in [-0.2, -0.15) is 5.10 Å². The van der Waals surface area contributed by atoms with Gasteiger partial charge in [-0.25, -0.2) is 13.5 Å². The zero-order valence-electron chi connectivity index (χ0n) is 20.5. The number of hydrogen-bond donors (Lipinski definition) is 2. The van der Waals surface area contributed by atoms with Crippen LogP contribution in [-0.4, -0.2) is 43.5 Å². The highest BCUT2D eigenvalue weighted by atomic mass is 19.1. The topological polar surface area (TPSA) is 117 Å². The molecule has 0 saturated heterocycles. The van der Waals surface area contributed by atoms with E-state index in [1.807, 2.05) is 13.8 Å². The average molecular weight is 501 g/mol. The molecule has 36 heavy (non-hydrogen) atoms. The van der Waals surface area contributed by atoms with E-state index in [4.69, 9.17) is 10.5 Å². The number of nitrogens with one attached hydrogen (secondary N) is 1. The zero-order chi connectivity index (χ0) is 26.0. The summed E-state index contributed by atoms with van der Waals surface area (Å²) in [5.74, 6) is -2.14. The monoisotopic (exact) mass is 500 g/mol. The number of aromatic nitrogens is 4. The summed E-state index contributed by atoms with van der Waals surface area (Å²) >= 11 is 0. The molecule has 2 aromatic heterocycles. The number of hydrogen-bond acceptors (Lipinski definition) is 5. The number of benzene rings is 1. The lowest BCUT2D eigenvalue weighted by Crippen LogP contribution is -2.35. The molecule has 1 aromatic carbocycles. The smallest absolute Gasteiger partial charge is 0.255 e. The third-order valence-electron chi connectivity index (χ3n) is 6.34. The molecule has 0 unspecified atom stereocenters. The summed E-state index contributed by atoms with van der Waals surface area (Å²) < 4.78 is 36.4. The van der Waals surface area contributed by atoms with Crippen LogP contribution in [0.15, 0.2) is 30.6 Å². The molecule has 2 atom stereocenters. The molecule has 3 aromatic rings. The van der Waals surface area contributed by atoms with E-state index in [0.717, 1.165) is 25.0 Å². The quantitative estimate of drug-likeness (QED) is 0.415. The Kier molecular flexibility index (Phi) is 7.37. The lowest BCUT2D eigenvalue weighted by molar-refractivity contribution is 0.0924. The van der Waals surface area contributed by atoms with Gasteiger partial charge in [0.05, 0.1) is 29.6 Å². The second-order valence-electron chi connectivity index (χ2n) is 9.16. The van der Waals surface area contributed by atoms with Gasteiger partial charge < -0.3 is 15.8 Å². The molecule has 1 fully saturated rings. The van der Waals surface area contributed by atoms with Crippen molar-refractivity contribution in [2.24, 2.45) is 5.73 Å². The number of nitrogens with zero attached hydrogens (tertiary/aromatic N) is 4. The van der Waals surface area contributed by atoms with Gasteiger partial charge in [0.2, 0.25) is 5.88 Å². The summed E-state index contributed by atoms with van der Waals surface area (Å²) in [4.78, 5) is 24.7.